The highest BCUT2D eigenvalue weighted by Crippen LogP contribution is 2.61. The van der Waals surface area contributed by atoms with E-state index in [2.05, 4.69) is 48.3 Å². The van der Waals surface area contributed by atoms with E-state index in [0.717, 1.165) is 54.2 Å². The number of hydrogen-bond acceptors (Lipinski definition) is 18. The van der Waals surface area contributed by atoms with Crippen LogP contribution in [0.1, 0.15) is 143 Å². The molecule has 24 nitrogen and oxygen atoms in total. The van der Waals surface area contributed by atoms with E-state index >= 15 is 0 Å². The quantitative estimate of drug-likeness (QED) is 0.0298. The number of aromatic nitrogens is 4. The normalized spacial score (nSPS) is 20.3. The summed E-state index contributed by atoms with van der Waals surface area (Å²) in [5.74, 6) is -0.209. The van der Waals surface area contributed by atoms with E-state index in [0.29, 0.717) is 12.2 Å². The summed E-state index contributed by atoms with van der Waals surface area (Å²) in [4.78, 5) is 88.5. The number of rotatable bonds is 36. The number of hydrogen-bond donors (Lipinski definition) is 9. The fourth-order valence-electron chi connectivity index (χ4n) is 7.43. The maximum Gasteiger partial charge on any atom is 0.481 e. The molecule has 0 bridgehead atoms. The molecule has 0 radical (unpaired) electrons. The number of thioether (sulfide) groups is 1. The Hall–Kier alpha value is -2.44. The fourth-order valence-corrected chi connectivity index (χ4v) is 11.0. The molecule has 396 valence electrons. The summed E-state index contributed by atoms with van der Waals surface area (Å²) in [5.41, 5.74) is 4.29. The van der Waals surface area contributed by atoms with E-state index in [9.17, 15) is 57.9 Å². The van der Waals surface area contributed by atoms with Crippen LogP contribution in [0.2, 0.25) is 0 Å². The van der Waals surface area contributed by atoms with Crippen LogP contribution in [0, 0.1) is 11.3 Å². The Bertz CT molecular complexity index is 2050. The Kier molecular flexibility index (Phi) is 26.4. The molecule has 0 aliphatic carbocycles. The smallest absolute Gasteiger partial charge is 0.386 e. The summed E-state index contributed by atoms with van der Waals surface area (Å²) >= 11 is 1.16. The monoisotopic (exact) mass is 1060 g/mol. The first-order valence-corrected chi connectivity index (χ1v) is 29.0. The fraction of sp³-hybridized carbons (Fsp3) is 0.805. The van der Waals surface area contributed by atoms with Gasteiger partial charge >= 0.3 is 23.5 Å². The molecule has 3 heterocycles. The third-order valence-electron chi connectivity index (χ3n) is 11.4. The predicted octanol–water partition coefficient (Wildman–Crippen LogP) is 5.56. The highest BCUT2D eigenvalue weighted by Gasteiger charge is 2.50. The van der Waals surface area contributed by atoms with Crippen LogP contribution in [0.4, 0.5) is 5.82 Å². The number of nitrogens with zero attached hydrogens (tertiary/aromatic N) is 4. The third kappa shape index (κ3) is 22.9. The predicted molar refractivity (Wildman–Crippen MR) is 256 cm³/mol. The minimum absolute atomic E-state index is 0.0340. The van der Waals surface area contributed by atoms with Crippen molar-refractivity contribution in [2.24, 2.45) is 11.3 Å². The molecule has 0 spiro atoms. The van der Waals surface area contributed by atoms with Crippen LogP contribution in [0.25, 0.3) is 11.2 Å². The Balaban J connectivity index is 1.28. The van der Waals surface area contributed by atoms with Crippen molar-refractivity contribution in [2.75, 3.05) is 37.8 Å². The van der Waals surface area contributed by atoms with Gasteiger partial charge in [0.15, 0.2) is 22.8 Å². The lowest BCUT2D eigenvalue weighted by Gasteiger charge is -2.30. The second-order valence-electron chi connectivity index (χ2n) is 18.0. The zero-order valence-corrected chi connectivity index (χ0v) is 43.5. The number of nitrogen functional groups attached to an aromatic ring is 1. The molecular formula is C41H74N7O17P3S. The summed E-state index contributed by atoms with van der Waals surface area (Å²) in [6.45, 7) is 5.20. The SMILES string of the molecule is CCCCCCCCC(C)CCCCCCCCCC(=O)SCCNC(=O)CCNC(=O)C(O)C(C)(C)COP(=O)(O)OP(=O)(O)OCC1OC(n2cnc3c(N)ncnc32)C(O)C1OP(=O)(O)O. The number of phosphoric acid groups is 3. The van der Waals surface area contributed by atoms with Gasteiger partial charge in [-0.15, -0.1) is 0 Å². The van der Waals surface area contributed by atoms with E-state index in [1.807, 2.05) is 0 Å². The van der Waals surface area contributed by atoms with Crippen molar-refractivity contribution in [3.63, 3.8) is 0 Å². The van der Waals surface area contributed by atoms with Crippen LogP contribution in [0.5, 0.6) is 0 Å². The summed E-state index contributed by atoms with van der Waals surface area (Å²) in [6, 6.07) is 0. The number of aliphatic hydroxyl groups excluding tert-OH is 2. The number of aliphatic hydroxyl groups is 2. The maximum absolute atomic E-state index is 12.8. The van der Waals surface area contributed by atoms with E-state index in [4.69, 9.17) is 19.5 Å². The molecular weight excluding hydrogens is 987 g/mol. The van der Waals surface area contributed by atoms with Gasteiger partial charge in [-0.2, -0.15) is 4.31 Å². The van der Waals surface area contributed by atoms with E-state index < -0.39 is 84.6 Å². The van der Waals surface area contributed by atoms with Gasteiger partial charge < -0.3 is 50.9 Å². The second-order valence-corrected chi connectivity index (χ2v) is 23.4. The Labute approximate surface area is 407 Å². The molecule has 28 heteroatoms. The number of ether oxygens (including phenoxy) is 1. The van der Waals surface area contributed by atoms with Gasteiger partial charge in [-0.1, -0.05) is 129 Å². The number of fused-ring (bicyclic) bond motifs is 1. The number of nitrogens with one attached hydrogen (secondary N) is 2. The van der Waals surface area contributed by atoms with Crippen molar-refractivity contribution >= 4 is 69.1 Å². The molecule has 0 saturated carbocycles. The number of amides is 2. The average molecular weight is 1060 g/mol. The molecule has 1 fully saturated rings. The molecule has 1 aliphatic rings. The van der Waals surface area contributed by atoms with E-state index in [1.165, 1.54) is 90.9 Å². The van der Waals surface area contributed by atoms with E-state index in [1.54, 1.807) is 0 Å². The van der Waals surface area contributed by atoms with Crippen molar-refractivity contribution in [3.8, 4) is 0 Å². The minimum Gasteiger partial charge on any atom is -0.386 e. The van der Waals surface area contributed by atoms with Gasteiger partial charge in [-0.05, 0) is 12.3 Å². The summed E-state index contributed by atoms with van der Waals surface area (Å²) in [5, 5.41) is 26.7. The molecule has 2 aromatic rings. The number of carbonyl (C=O) groups is 3. The number of anilines is 1. The summed E-state index contributed by atoms with van der Waals surface area (Å²) in [7, 11) is -16.4. The Morgan fingerprint density at radius 3 is 2.12 bits per heavy atom. The van der Waals surface area contributed by atoms with Gasteiger partial charge in [0, 0.05) is 37.1 Å². The molecule has 69 heavy (non-hydrogen) atoms. The zero-order chi connectivity index (χ0) is 51.3. The number of phosphoric ester groups is 3. The Morgan fingerprint density at radius 1 is 0.870 bits per heavy atom. The molecule has 1 aliphatic heterocycles. The average Bonchev–Trinajstić information content (AvgIpc) is 3.83. The number of carbonyl (C=O) groups excluding carboxylic acids is 3. The van der Waals surface area contributed by atoms with Gasteiger partial charge in [0.25, 0.3) is 0 Å². The van der Waals surface area contributed by atoms with Crippen LogP contribution < -0.4 is 16.4 Å². The minimum atomic E-state index is -5.58. The maximum atomic E-state index is 12.8. The highest BCUT2D eigenvalue weighted by atomic mass is 32.2. The Morgan fingerprint density at radius 2 is 1.48 bits per heavy atom. The topological polar surface area (TPSA) is 364 Å². The van der Waals surface area contributed by atoms with E-state index in [-0.39, 0.29) is 41.6 Å². The number of imidazole rings is 1. The molecule has 10 N–H and O–H groups in total. The van der Waals surface area contributed by atoms with Crippen LogP contribution >= 0.6 is 35.2 Å². The molecule has 2 amide bonds. The molecule has 1 saturated heterocycles. The zero-order valence-electron chi connectivity index (χ0n) is 40.0. The highest BCUT2D eigenvalue weighted by molar-refractivity contribution is 8.13. The first-order valence-electron chi connectivity index (χ1n) is 23.5. The first kappa shape index (κ1) is 60.9. The van der Waals surface area contributed by atoms with Gasteiger partial charge in [0.2, 0.25) is 11.8 Å². The lowest BCUT2D eigenvalue weighted by atomic mass is 9.87. The third-order valence-corrected chi connectivity index (χ3v) is 15.4. The van der Waals surface area contributed by atoms with Crippen molar-refractivity contribution in [3.05, 3.63) is 12.7 Å². The van der Waals surface area contributed by atoms with Gasteiger partial charge in [0.1, 0.15) is 36.3 Å². The van der Waals surface area contributed by atoms with Crippen LogP contribution in [0.3, 0.4) is 0 Å². The van der Waals surface area contributed by atoms with Crippen molar-refractivity contribution < 1.29 is 80.5 Å². The second kappa shape index (κ2) is 29.9. The molecule has 0 aromatic carbocycles. The molecule has 3 rings (SSSR count). The standard InChI is InChI=1S/C41H74N7O17P3S/c1-5-6-7-8-12-15-18-29(2)19-16-13-10-9-11-14-17-20-32(50)69-24-23-43-31(49)21-22-44-39(53)36(52)41(3,4)26-62-68(59,60)65-67(57,58)61-25-30-35(64-66(54,55)56)34(51)40(63-30)48-28-47-33-37(42)45-27-46-38(33)48/h27-30,34-36,40,51-52H,5-26H2,1-4H3,(H,43,49)(H,44,53)(H,57,58)(H,59,60)(H2,42,45,46)(H2,54,55,56). The number of unbranched alkanes of at least 4 members (excludes halogenated alkanes) is 11. The first-order chi connectivity index (χ1) is 32.4. The lowest BCUT2D eigenvalue weighted by molar-refractivity contribution is -0.137. The van der Waals surface area contributed by atoms with Crippen LogP contribution in [-0.4, -0.2) is 123 Å². The summed E-state index contributed by atoms with van der Waals surface area (Å²) in [6.07, 6.45) is 12.3. The number of nitrogens with two attached hydrogens (primary N) is 1. The largest absolute Gasteiger partial charge is 0.481 e. The lowest BCUT2D eigenvalue weighted by Crippen LogP contribution is -2.46. The van der Waals surface area contributed by atoms with Crippen molar-refractivity contribution in [2.45, 2.75) is 167 Å². The molecule has 8 unspecified atom stereocenters. The van der Waals surface area contributed by atoms with Crippen molar-refractivity contribution in [1.29, 1.82) is 0 Å². The molecule has 8 atom stereocenters. The van der Waals surface area contributed by atoms with Gasteiger partial charge in [-0.3, -0.25) is 32.5 Å². The molecule has 2 aromatic heterocycles. The summed E-state index contributed by atoms with van der Waals surface area (Å²) < 4.78 is 62.5. The van der Waals surface area contributed by atoms with Gasteiger partial charge in [0.05, 0.1) is 19.5 Å². The van der Waals surface area contributed by atoms with Crippen molar-refractivity contribution in [1.82, 2.24) is 30.2 Å². The van der Waals surface area contributed by atoms with Gasteiger partial charge in [-0.25, -0.2) is 28.6 Å². The van der Waals surface area contributed by atoms with Crippen LogP contribution in [0.15, 0.2) is 12.7 Å². The van der Waals surface area contributed by atoms with Crippen LogP contribution in [-0.2, 0) is 50.7 Å².